The molecule has 1 saturated carbocycles. The second-order valence-corrected chi connectivity index (χ2v) is 9.48. The van der Waals surface area contributed by atoms with Crippen molar-refractivity contribution in [1.29, 1.82) is 0 Å². The van der Waals surface area contributed by atoms with Gasteiger partial charge in [-0.2, -0.15) is 0 Å². The van der Waals surface area contributed by atoms with Crippen molar-refractivity contribution in [3.05, 3.63) is 29.8 Å². The third-order valence-electron chi connectivity index (χ3n) is 4.70. The maximum atomic E-state index is 12.5. The first-order chi connectivity index (χ1) is 13.9. The maximum absolute atomic E-state index is 12.5. The van der Waals surface area contributed by atoms with Gasteiger partial charge in [0.2, 0.25) is 16.9 Å². The molecule has 1 fully saturated rings. The lowest BCUT2D eigenvalue weighted by Crippen LogP contribution is -2.32. The Morgan fingerprint density at radius 2 is 1.79 bits per heavy atom. The zero-order chi connectivity index (χ0) is 21.0. The summed E-state index contributed by atoms with van der Waals surface area (Å²) >= 11 is 2.76. The summed E-state index contributed by atoms with van der Waals surface area (Å²) in [6.45, 7) is 2.42. The second kappa shape index (κ2) is 9.58. The van der Waals surface area contributed by atoms with Gasteiger partial charge in [-0.3, -0.25) is 14.5 Å². The molecule has 0 aliphatic heterocycles. The summed E-state index contributed by atoms with van der Waals surface area (Å²) in [5.41, 5.74) is 2.22. The van der Waals surface area contributed by atoms with E-state index < -0.39 is 0 Å². The Hall–Kier alpha value is -2.13. The summed E-state index contributed by atoms with van der Waals surface area (Å²) in [5.74, 6) is 0.412. The van der Waals surface area contributed by atoms with Crippen LogP contribution in [-0.4, -0.2) is 59.8 Å². The molecular weight excluding hydrogens is 406 g/mol. The first-order valence-electron chi connectivity index (χ1n) is 9.67. The molecule has 7 nitrogen and oxygen atoms in total. The van der Waals surface area contributed by atoms with Gasteiger partial charge in [0, 0.05) is 45.8 Å². The number of carbonyl (C=O) groups excluding carboxylic acids is 2. The normalized spacial score (nSPS) is 13.2. The predicted octanol–water partition coefficient (Wildman–Crippen LogP) is 3.26. The van der Waals surface area contributed by atoms with E-state index in [1.54, 1.807) is 9.80 Å². The van der Waals surface area contributed by atoms with Crippen LogP contribution in [0, 0.1) is 0 Å². The van der Waals surface area contributed by atoms with Gasteiger partial charge in [-0.25, -0.2) is 0 Å². The standard InChI is InChI=1S/C20H27N5O2S2/c1-5-17(26)25(16-10-11-16)19-21-22-20(29-19)28-13-18(27)24(4)12-14-6-8-15(9-7-14)23(2)3/h6-9,16H,5,10-13H2,1-4H3. The number of nitrogens with zero attached hydrogens (tertiary/aromatic N) is 5. The molecule has 0 atom stereocenters. The molecule has 1 heterocycles. The first kappa shape index (κ1) is 21.6. The maximum Gasteiger partial charge on any atom is 0.233 e. The molecule has 0 spiro atoms. The van der Waals surface area contributed by atoms with Crippen LogP contribution in [0.2, 0.25) is 0 Å². The summed E-state index contributed by atoms with van der Waals surface area (Å²) in [5, 5.41) is 8.99. The highest BCUT2D eigenvalue weighted by atomic mass is 32.2. The molecule has 0 radical (unpaired) electrons. The van der Waals surface area contributed by atoms with Crippen LogP contribution < -0.4 is 9.80 Å². The van der Waals surface area contributed by atoms with Crippen LogP contribution in [0.25, 0.3) is 0 Å². The summed E-state index contributed by atoms with van der Waals surface area (Å²) < 4.78 is 0.714. The number of benzene rings is 1. The average molecular weight is 434 g/mol. The monoisotopic (exact) mass is 433 g/mol. The number of hydrogen-bond donors (Lipinski definition) is 0. The number of carbonyl (C=O) groups is 2. The van der Waals surface area contributed by atoms with Crippen LogP contribution in [0.4, 0.5) is 10.8 Å². The van der Waals surface area contributed by atoms with Gasteiger partial charge >= 0.3 is 0 Å². The van der Waals surface area contributed by atoms with Crippen molar-refractivity contribution in [2.45, 2.75) is 43.1 Å². The Labute approximate surface area is 180 Å². The molecule has 2 amide bonds. The highest BCUT2D eigenvalue weighted by Crippen LogP contribution is 2.36. The number of thioether (sulfide) groups is 1. The smallest absolute Gasteiger partial charge is 0.233 e. The van der Waals surface area contributed by atoms with E-state index in [-0.39, 0.29) is 17.9 Å². The van der Waals surface area contributed by atoms with E-state index in [9.17, 15) is 9.59 Å². The van der Waals surface area contributed by atoms with Gasteiger partial charge in [-0.15, -0.1) is 10.2 Å². The number of rotatable bonds is 9. The summed E-state index contributed by atoms with van der Waals surface area (Å²) in [4.78, 5) is 30.2. The Balaban J connectivity index is 1.52. The van der Waals surface area contributed by atoms with Crippen LogP contribution in [0.1, 0.15) is 31.7 Å². The van der Waals surface area contributed by atoms with E-state index >= 15 is 0 Å². The van der Waals surface area contributed by atoms with E-state index in [0.717, 1.165) is 24.1 Å². The minimum atomic E-state index is 0.0344. The van der Waals surface area contributed by atoms with Crippen molar-refractivity contribution in [1.82, 2.24) is 15.1 Å². The fourth-order valence-electron chi connectivity index (χ4n) is 2.82. The summed E-state index contributed by atoms with van der Waals surface area (Å²) in [6, 6.07) is 8.45. The molecule has 1 aromatic carbocycles. The highest BCUT2D eigenvalue weighted by molar-refractivity contribution is 8.01. The van der Waals surface area contributed by atoms with Crippen molar-refractivity contribution in [3.8, 4) is 0 Å². The van der Waals surface area contributed by atoms with Crippen LogP contribution in [0.5, 0.6) is 0 Å². The van der Waals surface area contributed by atoms with Crippen molar-refractivity contribution >= 4 is 45.7 Å². The Morgan fingerprint density at radius 3 is 2.38 bits per heavy atom. The lowest BCUT2D eigenvalue weighted by atomic mass is 10.2. The van der Waals surface area contributed by atoms with Crippen molar-refractivity contribution in [3.63, 3.8) is 0 Å². The number of amides is 2. The summed E-state index contributed by atoms with van der Waals surface area (Å²) in [7, 11) is 5.81. The van der Waals surface area contributed by atoms with Gasteiger partial charge in [0.05, 0.1) is 5.75 Å². The quantitative estimate of drug-likeness (QED) is 0.447. The van der Waals surface area contributed by atoms with Crippen LogP contribution >= 0.6 is 23.1 Å². The molecule has 1 aromatic heterocycles. The molecule has 0 unspecified atom stereocenters. The van der Waals surface area contributed by atoms with Gasteiger partial charge in [0.1, 0.15) is 0 Å². The van der Waals surface area contributed by atoms with Crippen LogP contribution in [0.3, 0.4) is 0 Å². The fourth-order valence-corrected chi connectivity index (χ4v) is 4.69. The zero-order valence-corrected chi connectivity index (χ0v) is 18.9. The Kier molecular flexibility index (Phi) is 7.13. The van der Waals surface area contributed by atoms with Crippen molar-refractivity contribution in [2.24, 2.45) is 0 Å². The largest absolute Gasteiger partial charge is 0.378 e. The molecule has 0 N–H and O–H groups in total. The third kappa shape index (κ3) is 5.70. The molecular formula is C20H27N5O2S2. The Bertz CT molecular complexity index is 849. The predicted molar refractivity (Wildman–Crippen MR) is 119 cm³/mol. The first-order valence-corrected chi connectivity index (χ1v) is 11.5. The zero-order valence-electron chi connectivity index (χ0n) is 17.3. The molecule has 1 aliphatic carbocycles. The Morgan fingerprint density at radius 1 is 1.10 bits per heavy atom. The molecule has 1 aliphatic rings. The molecule has 0 bridgehead atoms. The van der Waals surface area contributed by atoms with Crippen molar-refractivity contribution < 1.29 is 9.59 Å². The van der Waals surface area contributed by atoms with Crippen LogP contribution in [-0.2, 0) is 16.1 Å². The lowest BCUT2D eigenvalue weighted by Gasteiger charge is -2.18. The van der Waals surface area contributed by atoms with E-state index in [2.05, 4.69) is 10.2 Å². The molecule has 9 heteroatoms. The minimum Gasteiger partial charge on any atom is -0.378 e. The van der Waals surface area contributed by atoms with Gasteiger partial charge in [-0.1, -0.05) is 42.2 Å². The van der Waals surface area contributed by atoms with Crippen LogP contribution in [0.15, 0.2) is 28.6 Å². The molecule has 156 valence electrons. The summed E-state index contributed by atoms with van der Waals surface area (Å²) in [6.07, 6.45) is 2.50. The lowest BCUT2D eigenvalue weighted by molar-refractivity contribution is -0.127. The number of hydrogen-bond acceptors (Lipinski definition) is 7. The van der Waals surface area contributed by atoms with Crippen molar-refractivity contribution in [2.75, 3.05) is 36.7 Å². The second-order valence-electron chi connectivity index (χ2n) is 7.30. The third-order valence-corrected chi connectivity index (χ3v) is 6.74. The van der Waals surface area contributed by atoms with E-state index in [1.807, 2.05) is 57.2 Å². The molecule has 29 heavy (non-hydrogen) atoms. The van der Waals surface area contributed by atoms with Gasteiger partial charge in [-0.05, 0) is 30.5 Å². The topological polar surface area (TPSA) is 69.6 Å². The minimum absolute atomic E-state index is 0.0344. The fraction of sp³-hybridized carbons (Fsp3) is 0.500. The van der Waals surface area contributed by atoms with Gasteiger partial charge < -0.3 is 9.80 Å². The van der Waals surface area contributed by atoms with Gasteiger partial charge in [0.15, 0.2) is 4.34 Å². The SMILES string of the molecule is CCC(=O)N(c1nnc(SCC(=O)N(C)Cc2ccc(N(C)C)cc2)s1)C1CC1. The number of aromatic nitrogens is 2. The van der Waals surface area contributed by atoms with E-state index in [1.165, 1.54) is 23.1 Å². The highest BCUT2D eigenvalue weighted by Gasteiger charge is 2.35. The van der Waals surface area contributed by atoms with Gasteiger partial charge in [0.25, 0.3) is 0 Å². The number of anilines is 2. The molecule has 0 saturated heterocycles. The molecule has 3 rings (SSSR count). The molecule has 2 aromatic rings. The average Bonchev–Trinajstić information content (AvgIpc) is 3.43. The van der Waals surface area contributed by atoms with E-state index in [0.29, 0.717) is 28.2 Å². The van der Waals surface area contributed by atoms with E-state index in [4.69, 9.17) is 0 Å².